The van der Waals surface area contributed by atoms with Gasteiger partial charge < -0.3 is 10.2 Å². The van der Waals surface area contributed by atoms with Crippen LogP contribution < -0.4 is 5.32 Å². The smallest absolute Gasteiger partial charge is 0.246 e. The van der Waals surface area contributed by atoms with Crippen LogP contribution in [-0.4, -0.2) is 60.4 Å². The number of hydrogen-bond donors (Lipinski definition) is 1. The summed E-state index contributed by atoms with van der Waals surface area (Å²) in [5.41, 5.74) is 0. The molecule has 1 heterocycles. The van der Waals surface area contributed by atoms with Gasteiger partial charge in [0.1, 0.15) is 0 Å². The molecule has 28 heavy (non-hydrogen) atoms. The molecule has 0 radical (unpaired) electrons. The van der Waals surface area contributed by atoms with Gasteiger partial charge in [-0.15, -0.1) is 0 Å². The second-order valence-corrected chi connectivity index (χ2v) is 8.26. The minimum atomic E-state index is -0.309. The zero-order chi connectivity index (χ0) is 20.6. The molecular weight excluding hydrogens is 350 g/mol. The lowest BCUT2D eigenvalue weighted by Crippen LogP contribution is -2.42. The minimum absolute atomic E-state index is 0.00213. The molecule has 0 aromatic carbocycles. The first-order valence-corrected chi connectivity index (χ1v) is 11.9. The number of imide groups is 1. The highest BCUT2D eigenvalue weighted by Crippen LogP contribution is 2.15. The number of carbonyl (C=O) groups excluding carboxylic acids is 2. The molecule has 5 nitrogen and oxygen atoms in total. The first kappa shape index (κ1) is 25.1. The summed E-state index contributed by atoms with van der Waals surface area (Å²) in [5.74, 6) is -0.00745. The topological polar surface area (TPSA) is 52.7 Å². The van der Waals surface area contributed by atoms with Crippen molar-refractivity contribution in [2.75, 3.05) is 32.7 Å². The highest BCUT2D eigenvalue weighted by atomic mass is 16.2. The molecule has 1 rings (SSSR count). The quantitative estimate of drug-likeness (QED) is 0.277. The van der Waals surface area contributed by atoms with Crippen LogP contribution in [-0.2, 0) is 9.59 Å². The van der Waals surface area contributed by atoms with Crippen LogP contribution in [0.25, 0.3) is 0 Å². The third kappa shape index (κ3) is 10.0. The number of unbranched alkanes of at least 4 members (excludes halogenated alkanes) is 8. The van der Waals surface area contributed by atoms with E-state index in [1.54, 1.807) is 0 Å². The molecule has 0 aromatic rings. The molecule has 1 aliphatic rings. The van der Waals surface area contributed by atoms with Crippen molar-refractivity contribution in [3.05, 3.63) is 0 Å². The number of amides is 2. The molecule has 1 unspecified atom stereocenters. The molecule has 0 saturated carbocycles. The fraction of sp³-hybridized carbons (Fsp3) is 0.913. The Hall–Kier alpha value is -0.940. The average molecular weight is 396 g/mol. The van der Waals surface area contributed by atoms with E-state index in [2.05, 4.69) is 31.0 Å². The Bertz CT molecular complexity index is 420. The van der Waals surface area contributed by atoms with Crippen LogP contribution >= 0.6 is 0 Å². The van der Waals surface area contributed by atoms with Gasteiger partial charge in [0.25, 0.3) is 0 Å². The maximum atomic E-state index is 12.6. The van der Waals surface area contributed by atoms with Crippen LogP contribution in [0.3, 0.4) is 0 Å². The summed E-state index contributed by atoms with van der Waals surface area (Å²) in [7, 11) is 0. The van der Waals surface area contributed by atoms with Gasteiger partial charge in [-0.05, 0) is 32.4 Å². The van der Waals surface area contributed by atoms with Crippen LogP contribution in [0.2, 0.25) is 0 Å². The lowest BCUT2D eigenvalue weighted by atomic mass is 10.1. The summed E-state index contributed by atoms with van der Waals surface area (Å²) < 4.78 is 0. The van der Waals surface area contributed by atoms with Crippen LogP contribution in [0.4, 0.5) is 0 Å². The van der Waals surface area contributed by atoms with Crippen molar-refractivity contribution in [3.8, 4) is 0 Å². The van der Waals surface area contributed by atoms with E-state index in [1.807, 2.05) is 0 Å². The van der Waals surface area contributed by atoms with E-state index in [-0.39, 0.29) is 17.9 Å². The van der Waals surface area contributed by atoms with Gasteiger partial charge in [0.15, 0.2) is 0 Å². The molecule has 1 fully saturated rings. The maximum absolute atomic E-state index is 12.6. The summed E-state index contributed by atoms with van der Waals surface area (Å²) in [6.07, 6.45) is 13.6. The molecule has 1 atom stereocenters. The first-order chi connectivity index (χ1) is 13.6. The van der Waals surface area contributed by atoms with Gasteiger partial charge in [0.2, 0.25) is 11.8 Å². The maximum Gasteiger partial charge on any atom is 0.246 e. The second-order valence-electron chi connectivity index (χ2n) is 8.26. The van der Waals surface area contributed by atoms with Gasteiger partial charge in [-0.2, -0.15) is 0 Å². The summed E-state index contributed by atoms with van der Waals surface area (Å²) in [5, 5.41) is 3.35. The highest BCUT2D eigenvalue weighted by Gasteiger charge is 2.37. The molecule has 1 N–H and O–H groups in total. The van der Waals surface area contributed by atoms with E-state index < -0.39 is 0 Å². The Morgan fingerprint density at radius 2 is 1.39 bits per heavy atom. The van der Waals surface area contributed by atoms with Gasteiger partial charge in [-0.3, -0.25) is 14.5 Å². The van der Waals surface area contributed by atoms with Gasteiger partial charge in [-0.1, -0.05) is 72.1 Å². The molecule has 0 spiro atoms. The molecule has 0 aliphatic carbocycles. The lowest BCUT2D eigenvalue weighted by Gasteiger charge is -2.23. The number of nitrogens with one attached hydrogen (secondary N) is 1. The van der Waals surface area contributed by atoms with Crippen molar-refractivity contribution in [2.45, 2.75) is 104 Å². The average Bonchev–Trinajstić information content (AvgIpc) is 2.96. The molecule has 0 aromatic heterocycles. The Morgan fingerprint density at radius 1 is 0.821 bits per heavy atom. The van der Waals surface area contributed by atoms with E-state index in [9.17, 15) is 9.59 Å². The fourth-order valence-corrected chi connectivity index (χ4v) is 3.80. The van der Waals surface area contributed by atoms with Gasteiger partial charge in [0, 0.05) is 19.6 Å². The van der Waals surface area contributed by atoms with Gasteiger partial charge >= 0.3 is 0 Å². The van der Waals surface area contributed by atoms with Crippen molar-refractivity contribution in [2.24, 2.45) is 0 Å². The lowest BCUT2D eigenvalue weighted by molar-refractivity contribution is -0.138. The summed E-state index contributed by atoms with van der Waals surface area (Å²) >= 11 is 0. The number of hydrogen-bond acceptors (Lipinski definition) is 4. The SMILES string of the molecule is CCCCCCCCCN1C(=O)CC(NCCN(CCCC)CCCC)C1=O. The van der Waals surface area contributed by atoms with Crippen molar-refractivity contribution in [1.29, 1.82) is 0 Å². The zero-order valence-electron chi connectivity index (χ0n) is 18.8. The third-order valence-corrected chi connectivity index (χ3v) is 5.70. The monoisotopic (exact) mass is 395 g/mol. The van der Waals surface area contributed by atoms with Crippen LogP contribution in [0.15, 0.2) is 0 Å². The molecule has 0 bridgehead atoms. The number of rotatable bonds is 18. The summed E-state index contributed by atoms with van der Waals surface area (Å²) in [4.78, 5) is 28.8. The predicted octanol–water partition coefficient (Wildman–Crippen LogP) is 4.36. The molecular formula is C23H45N3O2. The van der Waals surface area contributed by atoms with Crippen LogP contribution in [0, 0.1) is 0 Å². The fourth-order valence-electron chi connectivity index (χ4n) is 3.80. The molecule has 164 valence electrons. The highest BCUT2D eigenvalue weighted by molar-refractivity contribution is 6.05. The van der Waals surface area contributed by atoms with Crippen molar-refractivity contribution in [1.82, 2.24) is 15.1 Å². The third-order valence-electron chi connectivity index (χ3n) is 5.70. The molecule has 1 aliphatic heterocycles. The minimum Gasteiger partial charge on any atom is -0.304 e. The number of carbonyl (C=O) groups is 2. The number of likely N-dealkylation sites (tertiary alicyclic amines) is 1. The van der Waals surface area contributed by atoms with Crippen molar-refractivity contribution < 1.29 is 9.59 Å². The Morgan fingerprint density at radius 3 is 2.00 bits per heavy atom. The van der Waals surface area contributed by atoms with E-state index in [0.29, 0.717) is 13.0 Å². The van der Waals surface area contributed by atoms with Crippen molar-refractivity contribution in [3.63, 3.8) is 0 Å². The van der Waals surface area contributed by atoms with Crippen molar-refractivity contribution >= 4 is 11.8 Å². The normalized spacial score (nSPS) is 17.3. The summed E-state index contributed by atoms with van der Waals surface area (Å²) in [6.45, 7) is 11.3. The van der Waals surface area contributed by atoms with Crippen LogP contribution in [0.5, 0.6) is 0 Å². The van der Waals surface area contributed by atoms with E-state index in [4.69, 9.17) is 0 Å². The van der Waals surface area contributed by atoms with Crippen LogP contribution in [0.1, 0.15) is 97.8 Å². The molecule has 2 amide bonds. The van der Waals surface area contributed by atoms with Gasteiger partial charge in [0.05, 0.1) is 12.5 Å². The largest absolute Gasteiger partial charge is 0.304 e. The first-order valence-electron chi connectivity index (χ1n) is 11.9. The van der Waals surface area contributed by atoms with E-state index >= 15 is 0 Å². The standard InChI is InChI=1S/C23H45N3O2/c1-4-7-10-11-12-13-14-18-26-22(27)20-21(23(26)28)24-15-19-25(16-8-5-2)17-9-6-3/h21,24H,4-20H2,1-3H3. The Labute approximate surface area is 173 Å². The number of nitrogens with zero attached hydrogens (tertiary/aromatic N) is 2. The zero-order valence-corrected chi connectivity index (χ0v) is 18.8. The predicted molar refractivity (Wildman–Crippen MR) is 117 cm³/mol. The van der Waals surface area contributed by atoms with E-state index in [0.717, 1.165) is 39.0 Å². The van der Waals surface area contributed by atoms with E-state index in [1.165, 1.54) is 62.7 Å². The van der Waals surface area contributed by atoms with Gasteiger partial charge in [-0.25, -0.2) is 0 Å². The Balaban J connectivity index is 2.26. The second kappa shape index (κ2) is 15.9. The molecule has 5 heteroatoms. The Kier molecular flexibility index (Phi) is 14.3. The summed E-state index contributed by atoms with van der Waals surface area (Å²) in [6, 6.07) is -0.309. The molecule has 1 saturated heterocycles.